The molecule has 6 heteroatoms. The van der Waals surface area contributed by atoms with E-state index in [0.717, 1.165) is 27.7 Å². The fourth-order valence-corrected chi connectivity index (χ4v) is 4.32. The summed E-state index contributed by atoms with van der Waals surface area (Å²) in [5.41, 5.74) is 2.86. The van der Waals surface area contributed by atoms with E-state index in [-0.39, 0.29) is 18.6 Å². The maximum absolute atomic E-state index is 14.4. The third kappa shape index (κ3) is 2.05. The van der Waals surface area contributed by atoms with Crippen molar-refractivity contribution in [1.29, 1.82) is 0 Å². The van der Waals surface area contributed by atoms with E-state index < -0.39 is 12.0 Å². The van der Waals surface area contributed by atoms with Crippen molar-refractivity contribution in [2.45, 2.75) is 45.4 Å². The van der Waals surface area contributed by atoms with Crippen molar-refractivity contribution in [3.8, 4) is 11.4 Å². The molecule has 0 spiro atoms. The number of rotatable bonds is 1. The molecule has 2 aliphatic rings. The van der Waals surface area contributed by atoms with Gasteiger partial charge in [0.2, 0.25) is 6.36 Å². The summed E-state index contributed by atoms with van der Waals surface area (Å²) in [5, 5.41) is 11.9. The van der Waals surface area contributed by atoms with Crippen LogP contribution in [0.3, 0.4) is 0 Å². The highest BCUT2D eigenvalue weighted by Gasteiger charge is 2.45. The van der Waals surface area contributed by atoms with Crippen molar-refractivity contribution >= 4 is 10.9 Å². The summed E-state index contributed by atoms with van der Waals surface area (Å²) in [6.45, 7) is 4.00. The number of halogens is 1. The number of hydrogen-bond acceptors (Lipinski definition) is 4. The van der Waals surface area contributed by atoms with Crippen molar-refractivity contribution < 1.29 is 14.2 Å². The standard InChI is InChI=1S/C21H19FN2O3/c1-3-21(26)15-8-17-18-13(11(2)12-6-4-5-7-16(12)23-18)9-24(17)19(25)14(15)10-27-20(21)22/h4-8,20,26H,3,9-10H2,1-2H3/t20-,21+/m1/s1. The third-order valence-electron chi connectivity index (χ3n) is 5.99. The Kier molecular flexibility index (Phi) is 3.36. The second-order valence-corrected chi connectivity index (χ2v) is 7.30. The minimum absolute atomic E-state index is 0.112. The molecule has 0 bridgehead atoms. The molecule has 0 fully saturated rings. The minimum Gasteiger partial charge on any atom is -0.379 e. The normalized spacial score (nSPS) is 23.2. The first-order valence-corrected chi connectivity index (χ1v) is 9.09. The summed E-state index contributed by atoms with van der Waals surface area (Å²) in [7, 11) is 0. The van der Waals surface area contributed by atoms with Gasteiger partial charge in [-0.3, -0.25) is 4.79 Å². The molecule has 0 radical (unpaired) electrons. The predicted molar refractivity (Wildman–Crippen MR) is 99.2 cm³/mol. The van der Waals surface area contributed by atoms with Crippen LogP contribution in [0, 0.1) is 6.92 Å². The van der Waals surface area contributed by atoms with Crippen molar-refractivity contribution in [2.75, 3.05) is 0 Å². The quantitative estimate of drug-likeness (QED) is 0.562. The van der Waals surface area contributed by atoms with Crippen molar-refractivity contribution in [1.82, 2.24) is 9.55 Å². The molecule has 2 aliphatic heterocycles. The second-order valence-electron chi connectivity index (χ2n) is 7.30. The van der Waals surface area contributed by atoms with Crippen LogP contribution in [0.4, 0.5) is 4.39 Å². The molecule has 27 heavy (non-hydrogen) atoms. The molecule has 1 N–H and O–H groups in total. The summed E-state index contributed by atoms with van der Waals surface area (Å²) in [6, 6.07) is 9.58. The Bertz CT molecular complexity index is 1170. The Labute approximate surface area is 155 Å². The third-order valence-corrected chi connectivity index (χ3v) is 5.99. The second kappa shape index (κ2) is 5.47. The van der Waals surface area contributed by atoms with Gasteiger partial charge >= 0.3 is 0 Å². The van der Waals surface area contributed by atoms with Crippen LogP contribution in [0.25, 0.3) is 22.3 Å². The highest BCUT2D eigenvalue weighted by Crippen LogP contribution is 2.41. The highest BCUT2D eigenvalue weighted by molar-refractivity contribution is 5.87. The first-order chi connectivity index (χ1) is 13.0. The summed E-state index contributed by atoms with van der Waals surface area (Å²) >= 11 is 0. The van der Waals surface area contributed by atoms with Gasteiger partial charge in [-0.05, 0) is 31.0 Å². The Morgan fingerprint density at radius 2 is 2.15 bits per heavy atom. The van der Waals surface area contributed by atoms with Crippen LogP contribution < -0.4 is 5.56 Å². The molecular weight excluding hydrogens is 347 g/mol. The fraction of sp³-hybridized carbons (Fsp3) is 0.333. The van der Waals surface area contributed by atoms with Gasteiger partial charge in [-0.1, -0.05) is 25.1 Å². The number of alkyl halides is 1. The van der Waals surface area contributed by atoms with Crippen LogP contribution in [0.1, 0.15) is 35.6 Å². The lowest BCUT2D eigenvalue weighted by molar-refractivity contribution is -0.198. The number of pyridine rings is 2. The summed E-state index contributed by atoms with van der Waals surface area (Å²) in [6.07, 6.45) is -1.74. The van der Waals surface area contributed by atoms with Crippen molar-refractivity contribution in [3.63, 3.8) is 0 Å². The van der Waals surface area contributed by atoms with Gasteiger partial charge < -0.3 is 14.4 Å². The van der Waals surface area contributed by atoms with E-state index in [2.05, 4.69) is 0 Å². The molecule has 0 amide bonds. The van der Waals surface area contributed by atoms with E-state index >= 15 is 0 Å². The van der Waals surface area contributed by atoms with Gasteiger partial charge in [0.25, 0.3) is 5.56 Å². The van der Waals surface area contributed by atoms with Gasteiger partial charge in [-0.25, -0.2) is 9.37 Å². The molecule has 2 aromatic heterocycles. The van der Waals surface area contributed by atoms with Crippen LogP contribution in [0.2, 0.25) is 0 Å². The molecular formula is C21H19FN2O3. The number of nitrogens with zero attached hydrogens (tertiary/aromatic N) is 2. The van der Waals surface area contributed by atoms with Gasteiger partial charge in [0.15, 0.2) is 0 Å². The van der Waals surface area contributed by atoms with Crippen LogP contribution in [-0.4, -0.2) is 21.0 Å². The Hall–Kier alpha value is -2.57. The van der Waals surface area contributed by atoms with Crippen molar-refractivity contribution in [2.24, 2.45) is 0 Å². The van der Waals surface area contributed by atoms with E-state index in [1.54, 1.807) is 17.6 Å². The smallest absolute Gasteiger partial charge is 0.257 e. The molecule has 3 aromatic rings. The number of aromatic nitrogens is 2. The number of aliphatic hydroxyl groups is 1. The van der Waals surface area contributed by atoms with Gasteiger partial charge in [0.05, 0.1) is 30.1 Å². The SMILES string of the molecule is CC[C@]1(O)c2cc3n(c(=O)c2CO[C@H]1F)Cc1c-3nc2ccccc2c1C. The Morgan fingerprint density at radius 1 is 1.37 bits per heavy atom. The zero-order chi connectivity index (χ0) is 18.9. The highest BCUT2D eigenvalue weighted by atomic mass is 19.1. The molecule has 0 unspecified atom stereocenters. The largest absolute Gasteiger partial charge is 0.379 e. The van der Waals surface area contributed by atoms with Crippen LogP contribution in [0.15, 0.2) is 35.1 Å². The van der Waals surface area contributed by atoms with E-state index in [1.165, 1.54) is 0 Å². The van der Waals surface area contributed by atoms with Crippen LogP contribution in [0.5, 0.6) is 0 Å². The number of fused-ring (bicyclic) bond motifs is 5. The lowest BCUT2D eigenvalue weighted by Gasteiger charge is -2.36. The van der Waals surface area contributed by atoms with Gasteiger partial charge in [0, 0.05) is 22.1 Å². The van der Waals surface area contributed by atoms with Crippen LogP contribution >= 0.6 is 0 Å². The molecule has 1 aromatic carbocycles. The van der Waals surface area contributed by atoms with E-state index in [0.29, 0.717) is 23.4 Å². The average molecular weight is 366 g/mol. The topological polar surface area (TPSA) is 64.4 Å². The Balaban J connectivity index is 1.83. The first kappa shape index (κ1) is 16.6. The number of ether oxygens (including phenoxy) is 1. The number of aryl methyl sites for hydroxylation is 1. The number of hydrogen-bond donors (Lipinski definition) is 1. The number of benzene rings is 1. The summed E-state index contributed by atoms with van der Waals surface area (Å²) in [5.74, 6) is 0. The molecule has 0 saturated heterocycles. The molecule has 4 heterocycles. The van der Waals surface area contributed by atoms with Gasteiger partial charge in [-0.15, -0.1) is 0 Å². The van der Waals surface area contributed by atoms with Crippen molar-refractivity contribution in [3.05, 3.63) is 62.9 Å². The maximum Gasteiger partial charge on any atom is 0.257 e. The predicted octanol–water partition coefficient (Wildman–Crippen LogP) is 3.16. The van der Waals surface area contributed by atoms with E-state index in [4.69, 9.17) is 9.72 Å². The lowest BCUT2D eigenvalue weighted by Crippen LogP contribution is -2.45. The first-order valence-electron chi connectivity index (χ1n) is 9.09. The monoisotopic (exact) mass is 366 g/mol. The summed E-state index contributed by atoms with van der Waals surface area (Å²) < 4.78 is 21.1. The molecule has 5 nitrogen and oxygen atoms in total. The summed E-state index contributed by atoms with van der Waals surface area (Å²) in [4.78, 5) is 17.9. The fourth-order valence-electron chi connectivity index (χ4n) is 4.32. The average Bonchev–Trinajstić information content (AvgIpc) is 3.05. The maximum atomic E-state index is 14.4. The van der Waals surface area contributed by atoms with Crippen LogP contribution in [-0.2, 0) is 23.5 Å². The molecule has 5 rings (SSSR count). The molecule has 0 saturated carbocycles. The molecule has 138 valence electrons. The Morgan fingerprint density at radius 3 is 2.93 bits per heavy atom. The van der Waals surface area contributed by atoms with Gasteiger partial charge in [0.1, 0.15) is 5.60 Å². The molecule has 0 aliphatic carbocycles. The number of para-hydroxylation sites is 1. The zero-order valence-corrected chi connectivity index (χ0v) is 15.1. The molecule has 2 atom stereocenters. The lowest BCUT2D eigenvalue weighted by atomic mass is 9.85. The zero-order valence-electron chi connectivity index (χ0n) is 15.1. The van der Waals surface area contributed by atoms with Gasteiger partial charge in [-0.2, -0.15) is 0 Å². The minimum atomic E-state index is -1.86. The van der Waals surface area contributed by atoms with E-state index in [1.807, 2.05) is 31.2 Å². The van der Waals surface area contributed by atoms with E-state index in [9.17, 15) is 14.3 Å².